The van der Waals surface area contributed by atoms with Gasteiger partial charge in [-0.15, -0.1) is 0 Å². The van der Waals surface area contributed by atoms with Crippen molar-refractivity contribution in [3.63, 3.8) is 0 Å². The van der Waals surface area contributed by atoms with Crippen molar-refractivity contribution in [1.29, 1.82) is 0 Å². The SMILES string of the molecule is COc1ccccc1NC(=O)[C@@H]1C(=O)C[C@@](C)(O)[C@@H](C(=O)Nc2ccccc2OC)[C@@H]1c1ccc(O)cc1. The number of ketones is 1. The highest BCUT2D eigenvalue weighted by Gasteiger charge is 2.56. The summed E-state index contributed by atoms with van der Waals surface area (Å²) in [6.45, 7) is 1.42. The molecule has 0 aromatic heterocycles. The molecule has 1 aliphatic rings. The molecule has 0 radical (unpaired) electrons. The summed E-state index contributed by atoms with van der Waals surface area (Å²) >= 11 is 0. The molecule has 38 heavy (non-hydrogen) atoms. The van der Waals surface area contributed by atoms with Crippen LogP contribution < -0.4 is 20.1 Å². The molecule has 3 aromatic rings. The van der Waals surface area contributed by atoms with Crippen LogP contribution >= 0.6 is 0 Å². The summed E-state index contributed by atoms with van der Waals surface area (Å²) in [6.07, 6.45) is -0.407. The molecule has 0 aliphatic heterocycles. The number of para-hydroxylation sites is 4. The third-order valence-electron chi connectivity index (χ3n) is 6.84. The topological polar surface area (TPSA) is 134 Å². The van der Waals surface area contributed by atoms with Crippen LogP contribution in [-0.4, -0.2) is 47.6 Å². The van der Waals surface area contributed by atoms with Crippen molar-refractivity contribution in [1.82, 2.24) is 0 Å². The molecule has 3 aromatic carbocycles. The number of phenolic OH excluding ortho intramolecular Hbond substituents is 1. The minimum atomic E-state index is -1.77. The largest absolute Gasteiger partial charge is 0.508 e. The van der Waals surface area contributed by atoms with Crippen molar-refractivity contribution in [2.75, 3.05) is 24.9 Å². The summed E-state index contributed by atoms with van der Waals surface area (Å²) in [5.41, 5.74) is -0.583. The number of amides is 2. The average Bonchev–Trinajstić information content (AvgIpc) is 2.88. The number of rotatable bonds is 7. The van der Waals surface area contributed by atoms with Crippen LogP contribution in [0.25, 0.3) is 0 Å². The highest BCUT2D eigenvalue weighted by atomic mass is 16.5. The van der Waals surface area contributed by atoms with Crippen molar-refractivity contribution >= 4 is 29.0 Å². The van der Waals surface area contributed by atoms with Gasteiger partial charge < -0.3 is 30.3 Å². The number of aromatic hydroxyl groups is 1. The quantitative estimate of drug-likeness (QED) is 0.350. The van der Waals surface area contributed by atoms with Gasteiger partial charge in [-0.1, -0.05) is 36.4 Å². The van der Waals surface area contributed by atoms with Crippen LogP contribution in [0.1, 0.15) is 24.8 Å². The molecule has 1 saturated carbocycles. The molecule has 2 amide bonds. The number of hydrogen-bond donors (Lipinski definition) is 4. The number of phenols is 1. The minimum Gasteiger partial charge on any atom is -0.508 e. The second-order valence-corrected chi connectivity index (χ2v) is 9.45. The van der Waals surface area contributed by atoms with Gasteiger partial charge in [0.1, 0.15) is 28.9 Å². The van der Waals surface area contributed by atoms with Gasteiger partial charge in [-0.3, -0.25) is 14.4 Å². The number of hydrogen-bond acceptors (Lipinski definition) is 7. The Morgan fingerprint density at radius 2 is 1.34 bits per heavy atom. The van der Waals surface area contributed by atoms with Crippen LogP contribution in [0, 0.1) is 11.8 Å². The van der Waals surface area contributed by atoms with Gasteiger partial charge in [0, 0.05) is 12.3 Å². The van der Waals surface area contributed by atoms with Crippen LogP contribution in [0.15, 0.2) is 72.8 Å². The number of aliphatic hydroxyl groups is 1. The molecule has 0 saturated heterocycles. The molecule has 4 N–H and O–H groups in total. The standard InChI is InChI=1S/C29H30N2O7/c1-29(36)16-21(33)25(27(34)30-19-8-4-6-10-22(19)37-2)24(17-12-14-18(32)15-13-17)26(29)28(35)31-20-9-5-7-11-23(20)38-3/h4-15,24-26,32,36H,16H2,1-3H3,(H,30,34)(H,31,35)/t24-,25-,26-,29-/m1/s1. The van der Waals surface area contributed by atoms with Gasteiger partial charge in [0.15, 0.2) is 0 Å². The number of ether oxygens (including phenoxy) is 2. The van der Waals surface area contributed by atoms with E-state index in [9.17, 15) is 24.6 Å². The van der Waals surface area contributed by atoms with Crippen LogP contribution in [0.5, 0.6) is 17.2 Å². The van der Waals surface area contributed by atoms with Gasteiger partial charge in [0.2, 0.25) is 11.8 Å². The zero-order valence-corrected chi connectivity index (χ0v) is 21.3. The lowest BCUT2D eigenvalue weighted by Gasteiger charge is -2.44. The Bertz CT molecular complexity index is 1340. The minimum absolute atomic E-state index is 0.0207. The Morgan fingerprint density at radius 1 is 0.842 bits per heavy atom. The Morgan fingerprint density at radius 3 is 1.87 bits per heavy atom. The smallest absolute Gasteiger partial charge is 0.235 e. The fourth-order valence-electron chi connectivity index (χ4n) is 5.11. The molecule has 4 atom stereocenters. The van der Waals surface area contributed by atoms with Crippen LogP contribution in [0.3, 0.4) is 0 Å². The maximum atomic E-state index is 13.8. The molecule has 9 heteroatoms. The first-order valence-corrected chi connectivity index (χ1v) is 12.1. The zero-order valence-electron chi connectivity index (χ0n) is 21.3. The number of anilines is 2. The highest BCUT2D eigenvalue weighted by molar-refractivity contribution is 6.11. The van der Waals surface area contributed by atoms with Crippen molar-refractivity contribution in [2.24, 2.45) is 11.8 Å². The number of carbonyl (C=O) groups excluding carboxylic acids is 3. The molecular weight excluding hydrogens is 488 g/mol. The molecule has 4 rings (SSSR count). The van der Waals surface area contributed by atoms with Crippen molar-refractivity contribution in [3.05, 3.63) is 78.4 Å². The summed E-state index contributed by atoms with van der Waals surface area (Å²) in [4.78, 5) is 40.9. The molecule has 0 bridgehead atoms. The summed E-state index contributed by atoms with van der Waals surface area (Å²) in [5.74, 6) is -4.49. The van der Waals surface area contributed by atoms with Crippen LogP contribution in [0.2, 0.25) is 0 Å². The van der Waals surface area contributed by atoms with E-state index in [0.29, 0.717) is 28.4 Å². The Balaban J connectivity index is 1.78. The van der Waals surface area contributed by atoms with Gasteiger partial charge in [-0.25, -0.2) is 0 Å². The summed E-state index contributed by atoms with van der Waals surface area (Å²) in [6, 6.07) is 19.5. The lowest BCUT2D eigenvalue weighted by atomic mass is 9.61. The van der Waals surface area contributed by atoms with E-state index in [-0.39, 0.29) is 5.75 Å². The molecule has 1 fully saturated rings. The lowest BCUT2D eigenvalue weighted by molar-refractivity contribution is -0.150. The lowest BCUT2D eigenvalue weighted by Crippen LogP contribution is -2.56. The monoisotopic (exact) mass is 518 g/mol. The predicted molar refractivity (Wildman–Crippen MR) is 141 cm³/mol. The van der Waals surface area contributed by atoms with Gasteiger partial charge >= 0.3 is 0 Å². The molecule has 0 spiro atoms. The molecular formula is C29H30N2O7. The number of benzene rings is 3. The van der Waals surface area contributed by atoms with Gasteiger partial charge in [-0.05, 0) is 48.9 Å². The van der Waals surface area contributed by atoms with E-state index in [2.05, 4.69) is 10.6 Å². The zero-order chi connectivity index (χ0) is 27.4. The Kier molecular flexibility index (Phi) is 7.68. The Labute approximate surface area is 220 Å². The van der Waals surface area contributed by atoms with Crippen molar-refractivity contribution in [2.45, 2.75) is 24.9 Å². The number of Topliss-reactive ketones (excluding diaryl/α,β-unsaturated/α-hetero) is 1. The maximum absolute atomic E-state index is 13.8. The normalized spacial score (nSPS) is 22.8. The second kappa shape index (κ2) is 10.9. The third kappa shape index (κ3) is 5.33. The fourth-order valence-corrected chi connectivity index (χ4v) is 5.11. The third-order valence-corrected chi connectivity index (χ3v) is 6.84. The second-order valence-electron chi connectivity index (χ2n) is 9.45. The molecule has 1 aliphatic carbocycles. The van der Waals surface area contributed by atoms with Crippen LogP contribution in [0.4, 0.5) is 11.4 Å². The highest BCUT2D eigenvalue weighted by Crippen LogP contribution is 2.47. The van der Waals surface area contributed by atoms with Crippen molar-refractivity contribution in [3.8, 4) is 17.2 Å². The average molecular weight is 519 g/mol. The maximum Gasteiger partial charge on any atom is 0.235 e. The van der Waals surface area contributed by atoms with E-state index in [1.165, 1.54) is 33.3 Å². The first-order chi connectivity index (χ1) is 18.2. The number of nitrogens with one attached hydrogen (secondary N) is 2. The van der Waals surface area contributed by atoms with Gasteiger partial charge in [0.25, 0.3) is 0 Å². The summed E-state index contributed by atoms with van der Waals surface area (Å²) in [7, 11) is 2.93. The first kappa shape index (κ1) is 26.7. The molecule has 9 nitrogen and oxygen atoms in total. The van der Waals surface area contributed by atoms with E-state index in [4.69, 9.17) is 9.47 Å². The predicted octanol–water partition coefficient (Wildman–Crippen LogP) is 3.73. The summed E-state index contributed by atoms with van der Waals surface area (Å²) in [5, 5.41) is 26.8. The van der Waals surface area contributed by atoms with Gasteiger partial charge in [0.05, 0.1) is 37.1 Å². The molecule has 0 unspecified atom stereocenters. The van der Waals surface area contributed by atoms with Crippen molar-refractivity contribution < 1.29 is 34.1 Å². The van der Waals surface area contributed by atoms with Gasteiger partial charge in [-0.2, -0.15) is 0 Å². The van der Waals surface area contributed by atoms with Crippen LogP contribution in [-0.2, 0) is 14.4 Å². The molecule has 198 valence electrons. The Hall–Kier alpha value is -4.37. The summed E-state index contributed by atoms with van der Waals surface area (Å²) < 4.78 is 10.7. The number of methoxy groups -OCH3 is 2. The molecule has 0 heterocycles. The van der Waals surface area contributed by atoms with E-state index in [1.807, 2.05) is 0 Å². The van der Waals surface area contributed by atoms with E-state index < -0.39 is 47.4 Å². The van der Waals surface area contributed by atoms with E-state index >= 15 is 0 Å². The van der Waals surface area contributed by atoms with E-state index in [0.717, 1.165) is 0 Å². The van der Waals surface area contributed by atoms with E-state index in [1.54, 1.807) is 60.7 Å². The fraction of sp³-hybridized carbons (Fsp3) is 0.276. The number of carbonyl (C=O) groups is 3. The first-order valence-electron chi connectivity index (χ1n) is 12.1.